The first kappa shape index (κ1) is 14.8. The number of nitrogens with one attached hydrogen (secondary N) is 1. The molecule has 0 aliphatic carbocycles. The topological polar surface area (TPSA) is 62.3 Å². The second-order valence-corrected chi connectivity index (χ2v) is 6.19. The van der Waals surface area contributed by atoms with Gasteiger partial charge in [0.1, 0.15) is 5.82 Å². The molecule has 0 unspecified atom stereocenters. The molecule has 0 radical (unpaired) electrons. The van der Waals surface area contributed by atoms with Crippen molar-refractivity contribution in [2.75, 3.05) is 29.0 Å². The van der Waals surface area contributed by atoms with E-state index in [0.29, 0.717) is 5.82 Å². The van der Waals surface area contributed by atoms with E-state index < -0.39 is 10.0 Å². The number of sulfonamides is 1. The predicted octanol–water partition coefficient (Wildman–Crippen LogP) is 2.08. The Morgan fingerprint density at radius 3 is 2.56 bits per heavy atom. The van der Waals surface area contributed by atoms with Gasteiger partial charge >= 0.3 is 0 Å². The summed E-state index contributed by atoms with van der Waals surface area (Å²) in [6.45, 7) is 4.71. The molecule has 0 fully saturated rings. The summed E-state index contributed by atoms with van der Waals surface area (Å²) in [5, 5.41) is 0. The lowest BCUT2D eigenvalue weighted by molar-refractivity contribution is 0.602. The highest BCUT2D eigenvalue weighted by molar-refractivity contribution is 7.92. The summed E-state index contributed by atoms with van der Waals surface area (Å²) in [7, 11) is -1.24. The molecule has 102 valence electrons. The van der Waals surface area contributed by atoms with Gasteiger partial charge < -0.3 is 4.90 Å². The van der Waals surface area contributed by atoms with Gasteiger partial charge in [-0.25, -0.2) is 13.4 Å². The van der Waals surface area contributed by atoms with E-state index in [4.69, 9.17) is 0 Å². The van der Waals surface area contributed by atoms with E-state index in [1.54, 1.807) is 19.2 Å². The van der Waals surface area contributed by atoms with E-state index in [1.807, 2.05) is 13.1 Å². The molecule has 0 amide bonds. The summed E-state index contributed by atoms with van der Waals surface area (Å²) in [6.07, 6.45) is 3.95. The molecule has 0 aliphatic heterocycles. The first-order chi connectivity index (χ1) is 8.48. The SMILES string of the molecule is CCCCN(C)c1ccc(NS(=O)(=O)CC)nc1. The zero-order chi connectivity index (χ0) is 13.6. The second kappa shape index (κ2) is 6.58. The van der Waals surface area contributed by atoms with Crippen LogP contribution in [-0.2, 0) is 10.0 Å². The molecule has 0 saturated carbocycles. The highest BCUT2D eigenvalue weighted by atomic mass is 32.2. The number of anilines is 2. The van der Waals surface area contributed by atoms with Gasteiger partial charge in [0.15, 0.2) is 0 Å². The van der Waals surface area contributed by atoms with Gasteiger partial charge in [0.05, 0.1) is 17.6 Å². The van der Waals surface area contributed by atoms with E-state index in [-0.39, 0.29) is 5.75 Å². The Labute approximate surface area is 109 Å². The maximum absolute atomic E-state index is 11.4. The monoisotopic (exact) mass is 271 g/mol. The highest BCUT2D eigenvalue weighted by Crippen LogP contribution is 2.15. The Balaban J connectivity index is 2.68. The minimum Gasteiger partial charge on any atom is -0.373 e. The number of hydrogen-bond acceptors (Lipinski definition) is 4. The molecule has 6 heteroatoms. The van der Waals surface area contributed by atoms with Crippen LogP contribution >= 0.6 is 0 Å². The highest BCUT2D eigenvalue weighted by Gasteiger charge is 2.08. The summed E-state index contributed by atoms with van der Waals surface area (Å²) in [4.78, 5) is 6.21. The number of unbranched alkanes of at least 4 members (excludes halogenated alkanes) is 1. The van der Waals surface area contributed by atoms with Gasteiger partial charge in [0, 0.05) is 13.6 Å². The molecular formula is C12H21N3O2S. The molecule has 1 heterocycles. The van der Waals surface area contributed by atoms with Crippen molar-refractivity contribution in [1.82, 2.24) is 4.98 Å². The lowest BCUT2D eigenvalue weighted by atomic mass is 10.3. The van der Waals surface area contributed by atoms with Gasteiger partial charge in [-0.3, -0.25) is 4.72 Å². The van der Waals surface area contributed by atoms with Crippen molar-refractivity contribution < 1.29 is 8.42 Å². The molecule has 0 bridgehead atoms. The third kappa shape index (κ3) is 4.52. The molecule has 18 heavy (non-hydrogen) atoms. The number of rotatable bonds is 7. The normalized spacial score (nSPS) is 11.3. The van der Waals surface area contributed by atoms with Gasteiger partial charge in [0.25, 0.3) is 0 Å². The van der Waals surface area contributed by atoms with E-state index in [2.05, 4.69) is 21.5 Å². The minimum atomic E-state index is -3.25. The summed E-state index contributed by atoms with van der Waals surface area (Å²) in [6, 6.07) is 3.56. The Kier molecular flexibility index (Phi) is 5.40. The van der Waals surface area contributed by atoms with Gasteiger partial charge in [-0.1, -0.05) is 13.3 Å². The van der Waals surface area contributed by atoms with E-state index in [1.165, 1.54) is 0 Å². The third-order valence-electron chi connectivity index (χ3n) is 2.68. The average Bonchev–Trinajstić information content (AvgIpc) is 2.36. The standard InChI is InChI=1S/C12H21N3O2S/c1-4-6-9-15(3)11-7-8-12(13-10-11)14-18(16,17)5-2/h7-8,10H,4-6,9H2,1-3H3,(H,13,14). The summed E-state index contributed by atoms with van der Waals surface area (Å²) in [5.41, 5.74) is 0.989. The molecule has 0 spiro atoms. The van der Waals surface area contributed by atoms with Crippen LogP contribution in [0.3, 0.4) is 0 Å². The van der Waals surface area contributed by atoms with E-state index >= 15 is 0 Å². The van der Waals surface area contributed by atoms with E-state index in [9.17, 15) is 8.42 Å². The number of hydrogen-bond donors (Lipinski definition) is 1. The molecule has 1 aromatic heterocycles. The van der Waals surface area contributed by atoms with Gasteiger partial charge in [-0.05, 0) is 25.5 Å². The van der Waals surface area contributed by atoms with Crippen molar-refractivity contribution >= 4 is 21.5 Å². The largest absolute Gasteiger partial charge is 0.373 e. The lowest BCUT2D eigenvalue weighted by Gasteiger charge is -2.18. The van der Waals surface area contributed by atoms with Crippen LogP contribution < -0.4 is 9.62 Å². The van der Waals surface area contributed by atoms with Crippen LogP contribution in [0.25, 0.3) is 0 Å². The van der Waals surface area contributed by atoms with Crippen LogP contribution in [0.2, 0.25) is 0 Å². The minimum absolute atomic E-state index is 0.0484. The fraction of sp³-hybridized carbons (Fsp3) is 0.583. The van der Waals surface area contributed by atoms with Crippen LogP contribution in [0.4, 0.5) is 11.5 Å². The van der Waals surface area contributed by atoms with Crippen LogP contribution in [0.15, 0.2) is 18.3 Å². The zero-order valence-corrected chi connectivity index (χ0v) is 12.0. The Bertz CT molecular complexity index is 457. The van der Waals surface area contributed by atoms with Gasteiger partial charge in [-0.2, -0.15) is 0 Å². The summed E-state index contributed by atoms with van der Waals surface area (Å²) < 4.78 is 25.2. The number of nitrogens with zero attached hydrogens (tertiary/aromatic N) is 2. The van der Waals surface area contributed by atoms with Crippen molar-refractivity contribution in [3.63, 3.8) is 0 Å². The fourth-order valence-electron chi connectivity index (χ4n) is 1.43. The molecule has 0 aliphatic rings. The van der Waals surface area contributed by atoms with Crippen molar-refractivity contribution in [2.24, 2.45) is 0 Å². The summed E-state index contributed by atoms with van der Waals surface area (Å²) >= 11 is 0. The predicted molar refractivity (Wildman–Crippen MR) is 75.5 cm³/mol. The Morgan fingerprint density at radius 1 is 1.33 bits per heavy atom. The summed E-state index contributed by atoms with van der Waals surface area (Å²) in [5.74, 6) is 0.414. The fourth-order valence-corrected chi connectivity index (χ4v) is 2.01. The smallest absolute Gasteiger partial charge is 0.233 e. The Morgan fingerprint density at radius 2 is 2.06 bits per heavy atom. The molecule has 0 aromatic carbocycles. The van der Waals surface area contributed by atoms with Crippen molar-refractivity contribution in [3.05, 3.63) is 18.3 Å². The van der Waals surface area contributed by atoms with Gasteiger partial charge in [0.2, 0.25) is 10.0 Å². The van der Waals surface area contributed by atoms with Crippen LogP contribution in [-0.4, -0.2) is 32.7 Å². The molecule has 1 N–H and O–H groups in total. The molecular weight excluding hydrogens is 250 g/mol. The second-order valence-electron chi connectivity index (χ2n) is 4.18. The quantitative estimate of drug-likeness (QED) is 0.824. The molecule has 1 aromatic rings. The first-order valence-corrected chi connectivity index (χ1v) is 7.81. The average molecular weight is 271 g/mol. The lowest BCUT2D eigenvalue weighted by Crippen LogP contribution is -2.19. The van der Waals surface area contributed by atoms with E-state index in [0.717, 1.165) is 25.1 Å². The zero-order valence-electron chi connectivity index (χ0n) is 11.2. The van der Waals surface area contributed by atoms with Gasteiger partial charge in [-0.15, -0.1) is 0 Å². The number of aromatic nitrogens is 1. The first-order valence-electron chi connectivity index (χ1n) is 6.16. The molecule has 0 saturated heterocycles. The maximum Gasteiger partial charge on any atom is 0.233 e. The maximum atomic E-state index is 11.4. The van der Waals surface area contributed by atoms with Crippen molar-refractivity contribution in [3.8, 4) is 0 Å². The molecule has 1 rings (SSSR count). The third-order valence-corrected chi connectivity index (χ3v) is 3.96. The molecule has 5 nitrogen and oxygen atoms in total. The van der Waals surface area contributed by atoms with Crippen LogP contribution in [0.1, 0.15) is 26.7 Å². The molecule has 0 atom stereocenters. The van der Waals surface area contributed by atoms with Crippen molar-refractivity contribution in [2.45, 2.75) is 26.7 Å². The van der Waals surface area contributed by atoms with Crippen LogP contribution in [0, 0.1) is 0 Å². The van der Waals surface area contributed by atoms with Crippen molar-refractivity contribution in [1.29, 1.82) is 0 Å². The Hall–Kier alpha value is -1.30. The number of pyridine rings is 1. The van der Waals surface area contributed by atoms with Crippen LogP contribution in [0.5, 0.6) is 0 Å².